The molecule has 1 fully saturated rings. The Bertz CT molecular complexity index is 520. The lowest BCUT2D eigenvalue weighted by molar-refractivity contribution is -0.0109. The molecular formula is C17H25BrN2O2. The van der Waals surface area contributed by atoms with Crippen LogP contribution in [0, 0.1) is 11.3 Å². The number of carbonyl (C=O) groups is 1. The number of anilines is 1. The van der Waals surface area contributed by atoms with Crippen molar-refractivity contribution >= 4 is 27.7 Å². The van der Waals surface area contributed by atoms with Crippen LogP contribution in [0.2, 0.25) is 0 Å². The Morgan fingerprint density at radius 1 is 1.36 bits per heavy atom. The average molecular weight is 369 g/mol. The molecule has 5 heteroatoms. The largest absolute Gasteiger partial charge is 0.446 e. The second kappa shape index (κ2) is 6.90. The van der Waals surface area contributed by atoms with Crippen molar-refractivity contribution in [3.8, 4) is 0 Å². The highest BCUT2D eigenvalue weighted by molar-refractivity contribution is 9.10. The van der Waals surface area contributed by atoms with E-state index in [1.807, 2.05) is 6.07 Å². The van der Waals surface area contributed by atoms with E-state index in [2.05, 4.69) is 59.8 Å². The van der Waals surface area contributed by atoms with Gasteiger partial charge in [0.25, 0.3) is 0 Å². The van der Waals surface area contributed by atoms with Crippen LogP contribution in [0.1, 0.15) is 33.6 Å². The minimum Gasteiger partial charge on any atom is -0.446 e. The van der Waals surface area contributed by atoms with Gasteiger partial charge in [0.2, 0.25) is 0 Å². The molecule has 2 rings (SSSR count). The third-order valence-electron chi connectivity index (χ3n) is 4.24. The van der Waals surface area contributed by atoms with Gasteiger partial charge < -0.3 is 15.4 Å². The number of halogens is 1. The van der Waals surface area contributed by atoms with Crippen LogP contribution in [0.4, 0.5) is 10.5 Å². The number of piperidine rings is 1. The molecule has 1 aromatic rings. The maximum Gasteiger partial charge on any atom is 0.404 e. The molecule has 22 heavy (non-hydrogen) atoms. The molecule has 1 heterocycles. The molecule has 2 N–H and O–H groups in total. The van der Waals surface area contributed by atoms with Gasteiger partial charge in [-0.25, -0.2) is 4.79 Å². The van der Waals surface area contributed by atoms with Gasteiger partial charge in [0.05, 0.1) is 0 Å². The number of nitrogens with zero attached hydrogens (tertiary/aromatic N) is 1. The molecule has 0 aliphatic carbocycles. The number of ether oxygens (including phenoxy) is 1. The maximum atomic E-state index is 11.2. The predicted octanol–water partition coefficient (Wildman–Crippen LogP) is 4.18. The Morgan fingerprint density at radius 3 is 2.50 bits per heavy atom. The fourth-order valence-electron chi connectivity index (χ4n) is 3.24. The standard InChI is InChI=1S/C17H25BrN2O2/c1-17(2,3)15(22-16(19)21)12-7-9-20(10-8-12)14-6-4-5-13(18)11-14/h4-6,11-12,15H,7-10H2,1-3H3,(H2,19,21). The normalized spacial score (nSPS) is 18.1. The van der Waals surface area contributed by atoms with E-state index in [-0.39, 0.29) is 11.5 Å². The summed E-state index contributed by atoms with van der Waals surface area (Å²) in [4.78, 5) is 13.6. The number of hydrogen-bond acceptors (Lipinski definition) is 3. The Hall–Kier alpha value is -1.23. The Kier molecular flexibility index (Phi) is 5.37. The Labute approximate surface area is 141 Å². The van der Waals surface area contributed by atoms with Gasteiger partial charge >= 0.3 is 6.09 Å². The van der Waals surface area contributed by atoms with Crippen molar-refractivity contribution in [1.29, 1.82) is 0 Å². The van der Waals surface area contributed by atoms with Crippen LogP contribution in [-0.4, -0.2) is 25.3 Å². The van der Waals surface area contributed by atoms with Gasteiger partial charge in [-0.15, -0.1) is 0 Å². The molecule has 1 aromatic carbocycles. The minimum absolute atomic E-state index is 0.0996. The number of carbonyl (C=O) groups excluding carboxylic acids is 1. The van der Waals surface area contributed by atoms with Crippen molar-refractivity contribution in [3.05, 3.63) is 28.7 Å². The summed E-state index contributed by atoms with van der Waals surface area (Å²) in [6.45, 7) is 8.23. The van der Waals surface area contributed by atoms with Crippen LogP contribution >= 0.6 is 15.9 Å². The predicted molar refractivity (Wildman–Crippen MR) is 93.0 cm³/mol. The highest BCUT2D eigenvalue weighted by Gasteiger charge is 2.37. The summed E-state index contributed by atoms with van der Waals surface area (Å²) in [6.07, 6.45) is 1.20. The average Bonchev–Trinajstić information content (AvgIpc) is 2.44. The smallest absolute Gasteiger partial charge is 0.404 e. The Morgan fingerprint density at radius 2 is 2.00 bits per heavy atom. The lowest BCUT2D eigenvalue weighted by Crippen LogP contribution is -2.45. The van der Waals surface area contributed by atoms with Gasteiger partial charge in [-0.2, -0.15) is 0 Å². The van der Waals surface area contributed by atoms with Crippen molar-refractivity contribution < 1.29 is 9.53 Å². The second-order valence-corrected chi connectivity index (χ2v) is 7.94. The van der Waals surface area contributed by atoms with Crippen LogP contribution in [0.25, 0.3) is 0 Å². The molecule has 122 valence electrons. The van der Waals surface area contributed by atoms with E-state index in [4.69, 9.17) is 10.5 Å². The van der Waals surface area contributed by atoms with Crippen LogP contribution < -0.4 is 10.6 Å². The quantitative estimate of drug-likeness (QED) is 0.870. The first-order valence-electron chi connectivity index (χ1n) is 7.74. The second-order valence-electron chi connectivity index (χ2n) is 7.03. The maximum absolute atomic E-state index is 11.2. The van der Waals surface area contributed by atoms with E-state index < -0.39 is 6.09 Å². The van der Waals surface area contributed by atoms with Gasteiger partial charge in [0.1, 0.15) is 6.10 Å². The molecule has 1 amide bonds. The van der Waals surface area contributed by atoms with Crippen LogP contribution in [-0.2, 0) is 4.74 Å². The molecule has 1 saturated heterocycles. The van der Waals surface area contributed by atoms with Crippen molar-refractivity contribution in [1.82, 2.24) is 0 Å². The summed E-state index contributed by atoms with van der Waals surface area (Å²) in [6, 6.07) is 8.36. The van der Waals surface area contributed by atoms with Crippen LogP contribution in [0.15, 0.2) is 28.7 Å². The number of benzene rings is 1. The lowest BCUT2D eigenvalue weighted by atomic mass is 9.77. The topological polar surface area (TPSA) is 55.6 Å². The third-order valence-corrected chi connectivity index (χ3v) is 4.73. The van der Waals surface area contributed by atoms with E-state index in [0.717, 1.165) is 30.4 Å². The fourth-order valence-corrected chi connectivity index (χ4v) is 3.63. The zero-order chi connectivity index (χ0) is 16.3. The van der Waals surface area contributed by atoms with E-state index in [1.165, 1.54) is 5.69 Å². The monoisotopic (exact) mass is 368 g/mol. The van der Waals surface area contributed by atoms with Crippen molar-refractivity contribution in [3.63, 3.8) is 0 Å². The molecule has 1 aliphatic rings. The van der Waals surface area contributed by atoms with Gasteiger partial charge in [-0.05, 0) is 42.4 Å². The SMILES string of the molecule is CC(C)(C)C(OC(N)=O)C1CCN(c2cccc(Br)c2)CC1. The van der Waals surface area contributed by atoms with E-state index in [0.29, 0.717) is 5.92 Å². The molecule has 1 atom stereocenters. The summed E-state index contributed by atoms with van der Waals surface area (Å²) in [5.41, 5.74) is 6.39. The summed E-state index contributed by atoms with van der Waals surface area (Å²) in [5, 5.41) is 0. The first-order valence-corrected chi connectivity index (χ1v) is 8.53. The molecule has 1 unspecified atom stereocenters. The molecule has 0 aromatic heterocycles. The van der Waals surface area contributed by atoms with Crippen molar-refractivity contribution in [2.24, 2.45) is 17.1 Å². The zero-order valence-corrected chi connectivity index (χ0v) is 15.1. The molecule has 1 aliphatic heterocycles. The van der Waals surface area contributed by atoms with Crippen molar-refractivity contribution in [2.45, 2.75) is 39.7 Å². The first kappa shape index (κ1) is 17.1. The van der Waals surface area contributed by atoms with Crippen LogP contribution in [0.3, 0.4) is 0 Å². The Balaban J connectivity index is 2.02. The number of hydrogen-bond donors (Lipinski definition) is 1. The number of primary amides is 1. The number of nitrogens with two attached hydrogens (primary N) is 1. The van der Waals surface area contributed by atoms with Gasteiger partial charge in [0.15, 0.2) is 0 Å². The highest BCUT2D eigenvalue weighted by atomic mass is 79.9. The van der Waals surface area contributed by atoms with Gasteiger partial charge in [-0.1, -0.05) is 42.8 Å². The van der Waals surface area contributed by atoms with Crippen LogP contribution in [0.5, 0.6) is 0 Å². The van der Waals surface area contributed by atoms with Gasteiger partial charge in [0, 0.05) is 23.2 Å². The van der Waals surface area contributed by atoms with E-state index >= 15 is 0 Å². The molecule has 0 saturated carbocycles. The molecular weight excluding hydrogens is 344 g/mol. The van der Waals surface area contributed by atoms with E-state index in [1.54, 1.807) is 0 Å². The molecule has 0 bridgehead atoms. The highest BCUT2D eigenvalue weighted by Crippen LogP contribution is 2.35. The first-order chi connectivity index (χ1) is 10.3. The summed E-state index contributed by atoms with van der Waals surface area (Å²) in [5.74, 6) is 0.357. The third kappa shape index (κ3) is 4.38. The van der Waals surface area contributed by atoms with E-state index in [9.17, 15) is 4.79 Å². The molecule has 4 nitrogen and oxygen atoms in total. The minimum atomic E-state index is -0.672. The molecule has 0 spiro atoms. The fraction of sp³-hybridized carbons (Fsp3) is 0.588. The number of rotatable bonds is 3. The summed E-state index contributed by atoms with van der Waals surface area (Å²) < 4.78 is 6.52. The van der Waals surface area contributed by atoms with Crippen molar-refractivity contribution in [2.75, 3.05) is 18.0 Å². The summed E-state index contributed by atoms with van der Waals surface area (Å²) >= 11 is 3.52. The summed E-state index contributed by atoms with van der Waals surface area (Å²) in [7, 11) is 0. The number of amides is 1. The van der Waals surface area contributed by atoms with Gasteiger partial charge in [-0.3, -0.25) is 0 Å². The zero-order valence-electron chi connectivity index (χ0n) is 13.5. The molecule has 0 radical (unpaired) electrons. The lowest BCUT2D eigenvalue weighted by Gasteiger charge is -2.41.